The number of rotatable bonds is 4. The molecule has 0 spiro atoms. The zero-order chi connectivity index (χ0) is 14.5. The summed E-state index contributed by atoms with van der Waals surface area (Å²) in [6.45, 7) is 22.2. The average molecular weight is 263 g/mol. The minimum absolute atomic E-state index is 0.688. The van der Waals surface area contributed by atoms with Crippen molar-refractivity contribution in [2.75, 3.05) is 0 Å². The summed E-state index contributed by atoms with van der Waals surface area (Å²) < 4.78 is 0. The van der Waals surface area contributed by atoms with E-state index in [0.29, 0.717) is 16.6 Å². The first-order valence-electron chi connectivity index (χ1n) is 7.03. The van der Waals surface area contributed by atoms with E-state index in [-0.39, 0.29) is 0 Å². The second kappa shape index (κ2) is 7.00. The zero-order valence-electron chi connectivity index (χ0n) is 13.5. The van der Waals surface area contributed by atoms with Crippen molar-refractivity contribution in [3.8, 4) is 11.5 Å². The van der Waals surface area contributed by atoms with Crippen molar-refractivity contribution in [2.24, 2.45) is 0 Å². The van der Waals surface area contributed by atoms with Gasteiger partial charge in [-0.3, -0.25) is 0 Å². The Bertz CT molecular complexity index is 346. The van der Waals surface area contributed by atoms with Crippen molar-refractivity contribution in [3.05, 3.63) is 23.8 Å². The van der Waals surface area contributed by atoms with Crippen LogP contribution in [0.15, 0.2) is 23.8 Å². The molecule has 0 aromatic carbocycles. The second-order valence-electron chi connectivity index (χ2n) is 6.26. The van der Waals surface area contributed by atoms with Gasteiger partial charge in [-0.2, -0.15) is 0 Å². The lowest BCUT2D eigenvalue weighted by atomic mass is 10.2. The van der Waals surface area contributed by atoms with E-state index < -0.39 is 8.07 Å². The lowest BCUT2D eigenvalue weighted by molar-refractivity contribution is 0.838. The summed E-state index contributed by atoms with van der Waals surface area (Å²) in [5, 5.41) is 0. The van der Waals surface area contributed by atoms with E-state index in [1.807, 2.05) is 6.08 Å². The van der Waals surface area contributed by atoms with Crippen LogP contribution in [-0.4, -0.2) is 8.07 Å². The molecule has 0 aliphatic rings. The Morgan fingerprint density at radius 1 is 0.944 bits per heavy atom. The Morgan fingerprint density at radius 2 is 1.33 bits per heavy atom. The Balaban J connectivity index is 5.74. The number of allylic oxidation sites excluding steroid dienone is 3. The van der Waals surface area contributed by atoms with Gasteiger partial charge in [-0.1, -0.05) is 65.7 Å². The van der Waals surface area contributed by atoms with Crippen molar-refractivity contribution < 1.29 is 0 Å². The maximum Gasteiger partial charge on any atom is 0.146 e. The molecule has 0 aliphatic heterocycles. The molecule has 0 saturated heterocycles. The normalized spacial score (nSPS) is 11.5. The van der Waals surface area contributed by atoms with Crippen LogP contribution in [-0.2, 0) is 0 Å². The van der Waals surface area contributed by atoms with Gasteiger partial charge in [0.25, 0.3) is 0 Å². The molecule has 0 aliphatic carbocycles. The zero-order valence-corrected chi connectivity index (χ0v) is 14.5. The van der Waals surface area contributed by atoms with Gasteiger partial charge in [-0.25, -0.2) is 0 Å². The summed E-state index contributed by atoms with van der Waals surface area (Å²) in [6.07, 6.45) is 1.89. The van der Waals surface area contributed by atoms with Gasteiger partial charge in [-0.15, -0.1) is 5.54 Å². The maximum atomic E-state index is 3.87. The molecule has 0 aromatic heterocycles. The average Bonchev–Trinajstić information content (AvgIpc) is 2.22. The standard InChI is InChI=1S/C17H30Si/c1-10-17(13(2)3)11-12-18(14(4)5,15(6)7)16(8)9/h10,14-16H,1H2,2-9H3. The van der Waals surface area contributed by atoms with Crippen molar-refractivity contribution >= 4 is 8.07 Å². The van der Waals surface area contributed by atoms with Crippen LogP contribution in [0, 0.1) is 11.5 Å². The Labute approximate surface area is 116 Å². The third-order valence-electron chi connectivity index (χ3n) is 4.02. The highest BCUT2D eigenvalue weighted by Gasteiger charge is 2.41. The van der Waals surface area contributed by atoms with Crippen LogP contribution >= 0.6 is 0 Å². The van der Waals surface area contributed by atoms with Crippen molar-refractivity contribution in [2.45, 2.75) is 72.0 Å². The lowest BCUT2D eigenvalue weighted by Gasteiger charge is -2.38. The van der Waals surface area contributed by atoms with E-state index in [0.717, 1.165) is 5.57 Å². The highest BCUT2D eigenvalue weighted by molar-refractivity contribution is 6.90. The molecule has 1 heteroatoms. The second-order valence-corrected chi connectivity index (χ2v) is 11.8. The number of hydrogen-bond acceptors (Lipinski definition) is 0. The molecule has 102 valence electrons. The molecule has 0 atom stereocenters. The van der Waals surface area contributed by atoms with Gasteiger partial charge in [0.1, 0.15) is 8.07 Å². The first kappa shape index (κ1) is 17.3. The fourth-order valence-electron chi connectivity index (χ4n) is 2.99. The molecule has 0 rings (SSSR count). The molecule has 0 N–H and O–H groups in total. The quantitative estimate of drug-likeness (QED) is 0.345. The molecule has 0 aromatic rings. The molecule has 18 heavy (non-hydrogen) atoms. The third kappa shape index (κ3) is 3.62. The summed E-state index contributed by atoms with van der Waals surface area (Å²) in [5.74, 6) is 3.43. The predicted octanol–water partition coefficient (Wildman–Crippen LogP) is 5.73. The summed E-state index contributed by atoms with van der Waals surface area (Å²) >= 11 is 0. The Kier molecular flexibility index (Phi) is 6.71. The first-order chi connectivity index (χ1) is 8.20. The monoisotopic (exact) mass is 262 g/mol. The minimum Gasteiger partial charge on any atom is -0.125 e. The first-order valence-corrected chi connectivity index (χ1v) is 9.26. The van der Waals surface area contributed by atoms with Crippen molar-refractivity contribution in [3.63, 3.8) is 0 Å². The summed E-state index contributed by atoms with van der Waals surface area (Å²) in [5.41, 5.74) is 8.15. The minimum atomic E-state index is -1.60. The molecule has 0 heterocycles. The van der Waals surface area contributed by atoms with E-state index in [9.17, 15) is 0 Å². The fraction of sp³-hybridized carbons (Fsp3) is 0.647. The van der Waals surface area contributed by atoms with Crippen LogP contribution in [0.5, 0.6) is 0 Å². The smallest absolute Gasteiger partial charge is 0.125 e. The summed E-state index contributed by atoms with van der Waals surface area (Å²) in [6, 6.07) is 0. The topological polar surface area (TPSA) is 0 Å². The molecular formula is C17H30Si. The van der Waals surface area contributed by atoms with Gasteiger partial charge in [0.05, 0.1) is 0 Å². The van der Waals surface area contributed by atoms with Crippen LogP contribution in [0.25, 0.3) is 0 Å². The van der Waals surface area contributed by atoms with E-state index in [4.69, 9.17) is 0 Å². The van der Waals surface area contributed by atoms with Gasteiger partial charge in [-0.05, 0) is 30.5 Å². The fourth-order valence-corrected chi connectivity index (χ4v) is 8.21. The molecule has 0 radical (unpaired) electrons. The lowest BCUT2D eigenvalue weighted by Crippen LogP contribution is -2.43. The maximum absolute atomic E-state index is 3.87. The van der Waals surface area contributed by atoms with Gasteiger partial charge < -0.3 is 0 Å². The predicted molar refractivity (Wildman–Crippen MR) is 87.4 cm³/mol. The van der Waals surface area contributed by atoms with Crippen molar-refractivity contribution in [1.29, 1.82) is 0 Å². The molecule has 0 saturated carbocycles. The molecule has 0 nitrogen and oxygen atoms in total. The SMILES string of the molecule is C=CC(C#C[Si](C(C)C)(C(C)C)C(C)C)=C(C)C. The Morgan fingerprint density at radius 3 is 1.56 bits per heavy atom. The molecule has 0 bridgehead atoms. The van der Waals surface area contributed by atoms with Crippen molar-refractivity contribution in [1.82, 2.24) is 0 Å². The highest BCUT2D eigenvalue weighted by atomic mass is 28.3. The van der Waals surface area contributed by atoms with E-state index in [2.05, 4.69) is 73.4 Å². The van der Waals surface area contributed by atoms with Gasteiger partial charge in [0, 0.05) is 5.57 Å². The summed E-state index contributed by atoms with van der Waals surface area (Å²) in [4.78, 5) is 0. The molecule has 0 fully saturated rings. The molecule has 0 amide bonds. The van der Waals surface area contributed by atoms with E-state index >= 15 is 0 Å². The van der Waals surface area contributed by atoms with Gasteiger partial charge in [0.15, 0.2) is 0 Å². The Hall–Kier alpha value is -0.743. The number of hydrogen-bond donors (Lipinski definition) is 0. The van der Waals surface area contributed by atoms with Crippen LogP contribution in [0.1, 0.15) is 55.4 Å². The summed E-state index contributed by atoms with van der Waals surface area (Å²) in [7, 11) is -1.60. The molecular weight excluding hydrogens is 232 g/mol. The third-order valence-corrected chi connectivity index (χ3v) is 10.3. The van der Waals surface area contributed by atoms with E-state index in [1.165, 1.54) is 5.57 Å². The van der Waals surface area contributed by atoms with Crippen LogP contribution < -0.4 is 0 Å². The molecule has 0 unspecified atom stereocenters. The van der Waals surface area contributed by atoms with Gasteiger partial charge in [0.2, 0.25) is 0 Å². The van der Waals surface area contributed by atoms with Crippen LogP contribution in [0.3, 0.4) is 0 Å². The van der Waals surface area contributed by atoms with Crippen LogP contribution in [0.4, 0.5) is 0 Å². The van der Waals surface area contributed by atoms with E-state index in [1.54, 1.807) is 0 Å². The van der Waals surface area contributed by atoms with Gasteiger partial charge >= 0.3 is 0 Å². The highest BCUT2D eigenvalue weighted by Crippen LogP contribution is 2.40. The largest absolute Gasteiger partial charge is 0.146 e. The van der Waals surface area contributed by atoms with Crippen LogP contribution in [0.2, 0.25) is 16.6 Å².